The lowest BCUT2D eigenvalue weighted by molar-refractivity contribution is -0.157. The van der Waals surface area contributed by atoms with Crippen LogP contribution in [0.15, 0.2) is 30.3 Å². The third kappa shape index (κ3) is 4.23. The number of ether oxygens (including phenoxy) is 1. The highest BCUT2D eigenvalue weighted by atomic mass is 32.1. The van der Waals surface area contributed by atoms with Gasteiger partial charge in [-0.3, -0.25) is 4.79 Å². The van der Waals surface area contributed by atoms with Crippen molar-refractivity contribution in [3.05, 3.63) is 35.3 Å². The van der Waals surface area contributed by atoms with Crippen LogP contribution in [0.2, 0.25) is 0 Å². The number of hydrogen-bond acceptors (Lipinski definition) is 6. The molecule has 6 nitrogen and oxygen atoms in total. The Kier molecular flexibility index (Phi) is 6.10. The number of carbonyl (C=O) groups excluding carboxylic acids is 2. The van der Waals surface area contributed by atoms with Crippen LogP contribution >= 0.6 is 11.3 Å². The number of nitriles is 1. The van der Waals surface area contributed by atoms with Crippen molar-refractivity contribution in [3.63, 3.8) is 0 Å². The number of benzene rings is 1. The van der Waals surface area contributed by atoms with Crippen LogP contribution in [0.25, 0.3) is 16.3 Å². The molecule has 0 aliphatic heterocycles. The van der Waals surface area contributed by atoms with Gasteiger partial charge in [0, 0.05) is 13.1 Å². The summed E-state index contributed by atoms with van der Waals surface area (Å²) in [7, 11) is 1.62. The van der Waals surface area contributed by atoms with E-state index in [1.165, 1.54) is 29.2 Å². The molecule has 1 aliphatic rings. The van der Waals surface area contributed by atoms with E-state index in [1.54, 1.807) is 13.1 Å². The molecule has 28 heavy (non-hydrogen) atoms. The highest BCUT2D eigenvalue weighted by Gasteiger charge is 2.40. The van der Waals surface area contributed by atoms with Gasteiger partial charge >= 0.3 is 5.97 Å². The maximum absolute atomic E-state index is 12.7. The van der Waals surface area contributed by atoms with Crippen molar-refractivity contribution in [2.45, 2.75) is 50.7 Å². The zero-order chi connectivity index (χ0) is 20.1. The number of carbonyl (C=O) groups is 2. The fourth-order valence-electron chi connectivity index (χ4n) is 3.51. The fourth-order valence-corrected chi connectivity index (χ4v) is 4.38. The number of rotatable bonds is 5. The Bertz CT molecular complexity index is 905. The first-order valence-electron chi connectivity index (χ1n) is 9.38. The zero-order valence-corrected chi connectivity index (χ0v) is 16.9. The molecule has 7 heteroatoms. The number of likely N-dealkylation sites (N-methyl/N-ethyl adjacent to an activating group) is 1. The number of nitrogens with zero attached hydrogens (tertiary/aromatic N) is 3. The minimum atomic E-state index is -0.954. The van der Waals surface area contributed by atoms with E-state index in [0.717, 1.165) is 29.5 Å². The number of hydrogen-bond donors (Lipinski definition) is 0. The normalized spacial score (nSPS) is 17.2. The summed E-state index contributed by atoms with van der Waals surface area (Å²) in [4.78, 5) is 30.7. The van der Waals surface area contributed by atoms with E-state index in [1.807, 2.05) is 24.3 Å². The number of para-hydroxylation sites is 1. The molecule has 0 bridgehead atoms. The highest BCUT2D eigenvalue weighted by molar-refractivity contribution is 7.19. The van der Waals surface area contributed by atoms with Crippen LogP contribution in [-0.2, 0) is 14.3 Å². The van der Waals surface area contributed by atoms with Crippen LogP contribution in [0.5, 0.6) is 0 Å². The summed E-state index contributed by atoms with van der Waals surface area (Å²) >= 11 is 1.47. The third-order valence-corrected chi connectivity index (χ3v) is 6.18. The van der Waals surface area contributed by atoms with Crippen LogP contribution in [0, 0.1) is 11.3 Å². The lowest BCUT2D eigenvalue weighted by Gasteiger charge is -2.39. The molecule has 1 heterocycles. The summed E-state index contributed by atoms with van der Waals surface area (Å²) in [6.45, 7) is 1.54. The van der Waals surface area contributed by atoms with Crippen molar-refractivity contribution < 1.29 is 14.3 Å². The van der Waals surface area contributed by atoms with Gasteiger partial charge in [0.2, 0.25) is 0 Å². The summed E-state index contributed by atoms with van der Waals surface area (Å²) in [5.74, 6) is -0.964. The van der Waals surface area contributed by atoms with Gasteiger partial charge in [-0.15, -0.1) is 11.3 Å². The van der Waals surface area contributed by atoms with E-state index in [9.17, 15) is 14.9 Å². The molecule has 0 unspecified atom stereocenters. The summed E-state index contributed by atoms with van der Waals surface area (Å²) in [5, 5.41) is 10.3. The van der Waals surface area contributed by atoms with Gasteiger partial charge in [0.05, 0.1) is 16.3 Å². The number of amides is 1. The molecule has 0 saturated heterocycles. The first-order valence-corrected chi connectivity index (χ1v) is 10.2. The average Bonchev–Trinajstić information content (AvgIpc) is 3.14. The monoisotopic (exact) mass is 397 g/mol. The third-order valence-electron chi connectivity index (χ3n) is 5.17. The van der Waals surface area contributed by atoms with Gasteiger partial charge in [-0.25, -0.2) is 9.78 Å². The molecule has 0 spiro atoms. The molecule has 1 aliphatic carbocycles. The lowest BCUT2D eigenvalue weighted by atomic mass is 9.81. The minimum Gasteiger partial charge on any atom is -0.449 e. The number of esters is 1. The molecule has 1 atom stereocenters. The van der Waals surface area contributed by atoms with Crippen LogP contribution < -0.4 is 0 Å². The van der Waals surface area contributed by atoms with Crippen molar-refractivity contribution in [3.8, 4) is 6.07 Å². The number of aromatic nitrogens is 1. The Morgan fingerprint density at radius 3 is 2.71 bits per heavy atom. The van der Waals surface area contributed by atoms with Crippen LogP contribution in [0.4, 0.5) is 0 Å². The van der Waals surface area contributed by atoms with E-state index < -0.39 is 17.6 Å². The van der Waals surface area contributed by atoms with Crippen molar-refractivity contribution in [2.75, 3.05) is 7.05 Å². The summed E-state index contributed by atoms with van der Waals surface area (Å²) < 4.78 is 6.30. The van der Waals surface area contributed by atoms with Crippen LogP contribution in [-0.4, -0.2) is 40.5 Å². The smallest absolute Gasteiger partial charge is 0.331 e. The molecule has 2 aromatic rings. The maximum atomic E-state index is 12.7. The van der Waals surface area contributed by atoms with Crippen molar-refractivity contribution in [2.24, 2.45) is 0 Å². The highest BCUT2D eigenvalue weighted by Crippen LogP contribution is 2.33. The van der Waals surface area contributed by atoms with Crippen molar-refractivity contribution in [1.82, 2.24) is 9.88 Å². The summed E-state index contributed by atoms with van der Waals surface area (Å²) in [5.41, 5.74) is 0.0762. The maximum Gasteiger partial charge on any atom is 0.331 e. The zero-order valence-electron chi connectivity index (χ0n) is 16.1. The van der Waals surface area contributed by atoms with Crippen LogP contribution in [0.3, 0.4) is 0 Å². The molecular formula is C21H23N3O3S. The number of thiazole rings is 1. The van der Waals surface area contributed by atoms with E-state index in [2.05, 4.69) is 11.1 Å². The van der Waals surface area contributed by atoms with Gasteiger partial charge in [0.15, 0.2) is 6.10 Å². The molecule has 1 saturated carbocycles. The fraction of sp³-hybridized carbons (Fsp3) is 0.429. The Morgan fingerprint density at radius 2 is 2.04 bits per heavy atom. The van der Waals surface area contributed by atoms with Gasteiger partial charge in [-0.1, -0.05) is 31.4 Å². The predicted molar refractivity (Wildman–Crippen MR) is 108 cm³/mol. The largest absolute Gasteiger partial charge is 0.449 e. The standard InChI is InChI=1S/C21H23N3O3S/c1-15(20(26)24(2)21(14-22)12-6-3-7-13-21)27-19(25)11-10-18-23-16-8-4-5-9-17(16)28-18/h4-5,8-11,15H,3,6-7,12-13H2,1-2H3/b11-10+/t15-/m1/s1. The van der Waals surface area contributed by atoms with E-state index in [0.29, 0.717) is 17.8 Å². The predicted octanol–water partition coefficient (Wildman–Crippen LogP) is 3.93. The van der Waals surface area contributed by atoms with Gasteiger partial charge in [0.25, 0.3) is 5.91 Å². The van der Waals surface area contributed by atoms with Gasteiger partial charge in [0.1, 0.15) is 10.5 Å². The Labute approximate surface area is 168 Å². The van der Waals surface area contributed by atoms with E-state index in [-0.39, 0.29) is 5.91 Å². The van der Waals surface area contributed by atoms with Gasteiger partial charge in [-0.2, -0.15) is 5.26 Å². The molecular weight excluding hydrogens is 374 g/mol. The molecule has 1 amide bonds. The molecule has 146 valence electrons. The van der Waals surface area contributed by atoms with Crippen LogP contribution in [0.1, 0.15) is 44.0 Å². The van der Waals surface area contributed by atoms with Gasteiger partial charge < -0.3 is 9.64 Å². The quantitative estimate of drug-likeness (QED) is 0.564. The molecule has 1 aromatic carbocycles. The summed E-state index contributed by atoms with van der Waals surface area (Å²) in [6.07, 6.45) is 6.15. The Balaban J connectivity index is 1.61. The molecule has 1 fully saturated rings. The first kappa shape index (κ1) is 20.0. The van der Waals surface area contributed by atoms with Crippen molar-refractivity contribution >= 4 is 39.5 Å². The molecule has 3 rings (SSSR count). The molecule has 0 radical (unpaired) electrons. The topological polar surface area (TPSA) is 83.3 Å². The van der Waals surface area contributed by atoms with E-state index in [4.69, 9.17) is 4.74 Å². The second kappa shape index (κ2) is 8.53. The second-order valence-corrected chi connectivity index (χ2v) is 8.10. The number of fused-ring (bicyclic) bond motifs is 1. The minimum absolute atomic E-state index is 0.356. The van der Waals surface area contributed by atoms with Gasteiger partial charge in [-0.05, 0) is 38.0 Å². The first-order chi connectivity index (χ1) is 13.4. The average molecular weight is 398 g/mol. The lowest BCUT2D eigenvalue weighted by Crippen LogP contribution is -2.53. The second-order valence-electron chi connectivity index (χ2n) is 7.03. The van der Waals surface area contributed by atoms with E-state index >= 15 is 0 Å². The van der Waals surface area contributed by atoms with Crippen molar-refractivity contribution in [1.29, 1.82) is 5.26 Å². The molecule has 0 N–H and O–H groups in total. The summed E-state index contributed by atoms with van der Waals surface area (Å²) in [6, 6.07) is 10.0. The Morgan fingerprint density at radius 1 is 1.32 bits per heavy atom. The molecule has 1 aromatic heterocycles. The Hall–Kier alpha value is -2.72. The SMILES string of the molecule is C[C@@H](OC(=O)/C=C/c1nc2ccccc2s1)C(=O)N(C)C1(C#N)CCCCC1.